The molecule has 1 aliphatic rings. The van der Waals surface area contributed by atoms with Crippen molar-refractivity contribution in [3.05, 3.63) is 98.8 Å². The molecule has 0 bridgehead atoms. The van der Waals surface area contributed by atoms with E-state index in [2.05, 4.69) is 4.98 Å². The number of para-hydroxylation sites is 1. The number of ether oxygens (including phenoxy) is 1. The molecule has 0 radical (unpaired) electrons. The van der Waals surface area contributed by atoms with Crippen molar-refractivity contribution in [3.8, 4) is 0 Å². The average Bonchev–Trinajstić information content (AvgIpc) is 3.29. The zero-order valence-corrected chi connectivity index (χ0v) is 16.5. The molecular formula is C23H23N3O4. The second kappa shape index (κ2) is 8.92. The number of H-pyrrole nitrogens is 1. The number of rotatable bonds is 6. The largest absolute Gasteiger partial charge is 0.376 e. The van der Waals surface area contributed by atoms with Crippen molar-refractivity contribution in [2.75, 3.05) is 11.5 Å². The summed E-state index contributed by atoms with van der Waals surface area (Å²) in [5.74, 6) is -0.465. The van der Waals surface area contributed by atoms with Crippen LogP contribution in [0.4, 0.5) is 5.69 Å². The summed E-state index contributed by atoms with van der Waals surface area (Å²) in [7, 11) is 0. The molecule has 154 valence electrons. The van der Waals surface area contributed by atoms with E-state index < -0.39 is 17.2 Å². The highest BCUT2D eigenvalue weighted by molar-refractivity contribution is 6.05. The number of anilines is 1. The molecule has 1 saturated heterocycles. The van der Waals surface area contributed by atoms with Crippen LogP contribution in [0.25, 0.3) is 0 Å². The van der Waals surface area contributed by atoms with E-state index in [1.807, 2.05) is 60.7 Å². The number of hydrogen-bond acceptors (Lipinski definition) is 4. The highest BCUT2D eigenvalue weighted by atomic mass is 16.5. The molecule has 0 spiro atoms. The predicted octanol–water partition coefficient (Wildman–Crippen LogP) is 2.56. The van der Waals surface area contributed by atoms with Crippen molar-refractivity contribution in [2.24, 2.45) is 0 Å². The highest BCUT2D eigenvalue weighted by Gasteiger charge is 2.24. The van der Waals surface area contributed by atoms with E-state index in [1.165, 1.54) is 6.20 Å². The van der Waals surface area contributed by atoms with E-state index in [0.717, 1.165) is 23.0 Å². The van der Waals surface area contributed by atoms with Crippen LogP contribution >= 0.6 is 0 Å². The second-order valence-corrected chi connectivity index (χ2v) is 7.27. The topological polar surface area (TPSA) is 84.4 Å². The van der Waals surface area contributed by atoms with Crippen LogP contribution in [0.5, 0.6) is 0 Å². The minimum absolute atomic E-state index is 0.0765. The molecule has 2 heterocycles. The molecule has 1 atom stereocenters. The van der Waals surface area contributed by atoms with Crippen LogP contribution in [-0.4, -0.2) is 28.2 Å². The first-order valence-corrected chi connectivity index (χ1v) is 9.98. The van der Waals surface area contributed by atoms with Gasteiger partial charge in [0, 0.05) is 18.5 Å². The molecule has 30 heavy (non-hydrogen) atoms. The predicted molar refractivity (Wildman–Crippen MR) is 114 cm³/mol. The Morgan fingerprint density at radius 3 is 2.43 bits per heavy atom. The lowest BCUT2D eigenvalue weighted by Crippen LogP contribution is -2.43. The zero-order chi connectivity index (χ0) is 20.9. The van der Waals surface area contributed by atoms with Crippen LogP contribution < -0.4 is 16.1 Å². The Hall–Kier alpha value is -3.45. The van der Waals surface area contributed by atoms with Crippen molar-refractivity contribution in [1.29, 1.82) is 0 Å². The third kappa shape index (κ3) is 4.26. The summed E-state index contributed by atoms with van der Waals surface area (Å²) in [4.78, 5) is 42.8. The summed E-state index contributed by atoms with van der Waals surface area (Å²) in [5, 5.41) is 0. The molecule has 4 rings (SSSR count). The molecule has 7 heteroatoms. The third-order valence-corrected chi connectivity index (χ3v) is 5.20. The monoisotopic (exact) mass is 405 g/mol. The molecule has 7 nitrogen and oxygen atoms in total. The number of hydrogen-bond donors (Lipinski definition) is 1. The number of amides is 1. The molecule has 2 aromatic carbocycles. The van der Waals surface area contributed by atoms with E-state index in [0.29, 0.717) is 18.8 Å². The Balaban J connectivity index is 1.70. The Bertz CT molecular complexity index is 1120. The van der Waals surface area contributed by atoms with E-state index in [4.69, 9.17) is 4.74 Å². The van der Waals surface area contributed by atoms with Crippen LogP contribution in [0.3, 0.4) is 0 Å². The quantitative estimate of drug-likeness (QED) is 0.683. The normalized spacial score (nSPS) is 15.8. The standard InChI is InChI=1S/C23H23N3O4/c27-21(20-14-24-23(29)26(22(20)28)16-19-12-7-13-30-19)25(18-10-5-2-6-11-18)15-17-8-3-1-4-9-17/h1-6,8-11,14,19H,7,12-13,15-16H2,(H,24,29). The van der Waals surface area contributed by atoms with Crippen LogP contribution in [0.1, 0.15) is 28.8 Å². The minimum atomic E-state index is -0.603. The Morgan fingerprint density at radius 1 is 1.07 bits per heavy atom. The molecule has 0 aliphatic carbocycles. The fourth-order valence-corrected chi connectivity index (χ4v) is 3.62. The van der Waals surface area contributed by atoms with Crippen molar-refractivity contribution < 1.29 is 9.53 Å². The zero-order valence-electron chi connectivity index (χ0n) is 16.5. The van der Waals surface area contributed by atoms with E-state index in [1.54, 1.807) is 4.90 Å². The van der Waals surface area contributed by atoms with Gasteiger partial charge in [0.15, 0.2) is 0 Å². The first-order valence-electron chi connectivity index (χ1n) is 9.98. The summed E-state index contributed by atoms with van der Waals surface area (Å²) in [6, 6.07) is 18.7. The van der Waals surface area contributed by atoms with Crippen LogP contribution in [0.2, 0.25) is 0 Å². The molecule has 1 unspecified atom stereocenters. The Morgan fingerprint density at radius 2 is 1.77 bits per heavy atom. The van der Waals surface area contributed by atoms with Gasteiger partial charge in [-0.15, -0.1) is 0 Å². The van der Waals surface area contributed by atoms with Gasteiger partial charge in [-0.05, 0) is 30.5 Å². The highest BCUT2D eigenvalue weighted by Crippen LogP contribution is 2.19. The van der Waals surface area contributed by atoms with Gasteiger partial charge >= 0.3 is 5.69 Å². The SMILES string of the molecule is O=C(c1c[nH]c(=O)n(CC2CCCO2)c1=O)N(Cc1ccccc1)c1ccccc1. The van der Waals surface area contributed by atoms with Crippen LogP contribution in [-0.2, 0) is 17.8 Å². The number of carbonyl (C=O) groups excluding carboxylic acids is 1. The van der Waals surface area contributed by atoms with Gasteiger partial charge in [0.25, 0.3) is 11.5 Å². The average molecular weight is 405 g/mol. The molecule has 1 N–H and O–H groups in total. The number of nitrogens with one attached hydrogen (secondary N) is 1. The van der Waals surface area contributed by atoms with Gasteiger partial charge in [0.1, 0.15) is 5.56 Å². The number of benzene rings is 2. The summed E-state index contributed by atoms with van der Waals surface area (Å²) in [6.07, 6.45) is 2.70. The molecule has 1 amide bonds. The van der Waals surface area contributed by atoms with E-state index >= 15 is 0 Å². The summed E-state index contributed by atoms with van der Waals surface area (Å²) in [5.41, 5.74) is 0.378. The van der Waals surface area contributed by atoms with Gasteiger partial charge in [0.2, 0.25) is 0 Å². The molecule has 1 fully saturated rings. The first kappa shape index (κ1) is 19.8. The molecule has 1 aliphatic heterocycles. The number of carbonyl (C=O) groups is 1. The Kier molecular flexibility index (Phi) is 5.90. The molecule has 3 aromatic rings. The fraction of sp³-hybridized carbons (Fsp3) is 0.261. The second-order valence-electron chi connectivity index (χ2n) is 7.27. The fourth-order valence-electron chi connectivity index (χ4n) is 3.62. The maximum absolute atomic E-state index is 13.4. The van der Waals surface area contributed by atoms with Gasteiger partial charge in [-0.25, -0.2) is 4.79 Å². The summed E-state index contributed by atoms with van der Waals surface area (Å²) < 4.78 is 6.62. The van der Waals surface area contributed by atoms with E-state index in [9.17, 15) is 14.4 Å². The third-order valence-electron chi connectivity index (χ3n) is 5.20. The van der Waals surface area contributed by atoms with Crippen molar-refractivity contribution in [1.82, 2.24) is 9.55 Å². The van der Waals surface area contributed by atoms with Crippen molar-refractivity contribution in [3.63, 3.8) is 0 Å². The summed E-state index contributed by atoms with van der Waals surface area (Å²) >= 11 is 0. The maximum Gasteiger partial charge on any atom is 0.328 e. The van der Waals surface area contributed by atoms with Gasteiger partial charge in [-0.2, -0.15) is 0 Å². The van der Waals surface area contributed by atoms with E-state index in [-0.39, 0.29) is 18.2 Å². The minimum Gasteiger partial charge on any atom is -0.376 e. The maximum atomic E-state index is 13.4. The number of nitrogens with zero attached hydrogens (tertiary/aromatic N) is 2. The molecule has 0 saturated carbocycles. The lowest BCUT2D eigenvalue weighted by Gasteiger charge is -2.23. The van der Waals surface area contributed by atoms with Crippen molar-refractivity contribution >= 4 is 11.6 Å². The number of aromatic nitrogens is 2. The smallest absolute Gasteiger partial charge is 0.328 e. The van der Waals surface area contributed by atoms with Crippen LogP contribution in [0.15, 0.2) is 76.4 Å². The van der Waals surface area contributed by atoms with Crippen LogP contribution in [0, 0.1) is 0 Å². The lowest BCUT2D eigenvalue weighted by atomic mass is 10.1. The Labute approximate surface area is 173 Å². The molecule has 1 aromatic heterocycles. The lowest BCUT2D eigenvalue weighted by molar-refractivity contribution is 0.0935. The van der Waals surface area contributed by atoms with Gasteiger partial charge < -0.3 is 14.6 Å². The first-order chi connectivity index (χ1) is 14.6. The molecular weight excluding hydrogens is 382 g/mol. The van der Waals surface area contributed by atoms with Gasteiger partial charge in [-0.3, -0.25) is 14.2 Å². The summed E-state index contributed by atoms with van der Waals surface area (Å²) in [6.45, 7) is 1.06. The number of aromatic amines is 1. The van der Waals surface area contributed by atoms with Gasteiger partial charge in [0.05, 0.1) is 19.2 Å². The van der Waals surface area contributed by atoms with Crippen molar-refractivity contribution in [2.45, 2.75) is 32.0 Å². The van der Waals surface area contributed by atoms with Gasteiger partial charge in [-0.1, -0.05) is 48.5 Å².